The van der Waals surface area contributed by atoms with E-state index in [4.69, 9.17) is 0 Å². The van der Waals surface area contributed by atoms with Crippen molar-refractivity contribution in [2.24, 2.45) is 16.7 Å². The van der Waals surface area contributed by atoms with E-state index in [1.165, 1.54) is 0 Å². The third-order valence-electron chi connectivity index (χ3n) is 6.32. The van der Waals surface area contributed by atoms with Crippen LogP contribution in [-0.4, -0.2) is 41.8 Å². The summed E-state index contributed by atoms with van der Waals surface area (Å²) in [5, 5.41) is 10.2. The van der Waals surface area contributed by atoms with Gasteiger partial charge in [0.2, 0.25) is 10.0 Å². The number of nitrogens with zero attached hydrogens (tertiary/aromatic N) is 1. The zero-order chi connectivity index (χ0) is 16.2. The van der Waals surface area contributed by atoms with Crippen LogP contribution in [0.3, 0.4) is 0 Å². The Labute approximate surface area is 130 Å². The van der Waals surface area contributed by atoms with Gasteiger partial charge in [0.05, 0.1) is 11.4 Å². The summed E-state index contributed by atoms with van der Waals surface area (Å²) >= 11 is 0. The van der Waals surface area contributed by atoms with Crippen LogP contribution in [0.4, 0.5) is 0 Å². The molecule has 3 atom stereocenters. The van der Waals surface area contributed by atoms with Crippen molar-refractivity contribution in [2.45, 2.75) is 78.2 Å². The summed E-state index contributed by atoms with van der Waals surface area (Å²) in [7, 11) is -3.31. The van der Waals surface area contributed by atoms with Gasteiger partial charge in [-0.2, -0.15) is 4.31 Å². The summed E-state index contributed by atoms with van der Waals surface area (Å²) in [5.41, 5.74) is -0.282. The predicted molar refractivity (Wildman–Crippen MR) is 85.5 cm³/mol. The van der Waals surface area contributed by atoms with E-state index < -0.39 is 15.3 Å². The molecule has 21 heavy (non-hydrogen) atoms. The molecule has 4 nitrogen and oxygen atoms in total. The Balaban J connectivity index is 2.38. The first kappa shape index (κ1) is 17.2. The van der Waals surface area contributed by atoms with Crippen LogP contribution < -0.4 is 0 Å². The van der Waals surface area contributed by atoms with E-state index in [9.17, 15) is 13.5 Å². The van der Waals surface area contributed by atoms with Crippen molar-refractivity contribution >= 4 is 10.0 Å². The fourth-order valence-electron chi connectivity index (χ4n) is 4.53. The molecule has 0 amide bonds. The zero-order valence-electron chi connectivity index (χ0n) is 14.3. The monoisotopic (exact) mass is 317 g/mol. The van der Waals surface area contributed by atoms with Crippen LogP contribution in [0, 0.1) is 16.7 Å². The largest absolute Gasteiger partial charge is 0.392 e. The van der Waals surface area contributed by atoms with Crippen molar-refractivity contribution in [1.82, 2.24) is 4.31 Å². The molecule has 3 unspecified atom stereocenters. The molecule has 0 aromatic rings. The minimum Gasteiger partial charge on any atom is -0.392 e. The molecule has 0 aliphatic heterocycles. The van der Waals surface area contributed by atoms with E-state index in [-0.39, 0.29) is 23.0 Å². The van der Waals surface area contributed by atoms with Crippen molar-refractivity contribution in [1.29, 1.82) is 0 Å². The van der Waals surface area contributed by atoms with Gasteiger partial charge in [0.15, 0.2) is 0 Å². The first-order chi connectivity index (χ1) is 9.46. The Morgan fingerprint density at radius 3 is 2.14 bits per heavy atom. The SMILES string of the molecule is CC(C)N(CC12CCC(CC1O)C2(C)C)S(=O)(=O)C(C)C. The molecular weight excluding hydrogens is 286 g/mol. The van der Waals surface area contributed by atoms with Gasteiger partial charge in [0, 0.05) is 18.0 Å². The first-order valence-electron chi connectivity index (χ1n) is 8.15. The molecule has 2 saturated carbocycles. The summed E-state index contributed by atoms with van der Waals surface area (Å²) in [5.74, 6) is 0.517. The molecule has 0 aromatic heterocycles. The van der Waals surface area contributed by atoms with Crippen molar-refractivity contribution in [3.63, 3.8) is 0 Å². The maximum Gasteiger partial charge on any atom is 0.216 e. The van der Waals surface area contributed by atoms with Crippen LogP contribution in [0.5, 0.6) is 0 Å². The second-order valence-electron chi connectivity index (χ2n) is 8.10. The van der Waals surface area contributed by atoms with Crippen molar-refractivity contribution in [2.75, 3.05) is 6.54 Å². The van der Waals surface area contributed by atoms with Gasteiger partial charge in [-0.15, -0.1) is 0 Å². The maximum atomic E-state index is 12.7. The molecule has 2 rings (SSSR count). The third kappa shape index (κ3) is 2.36. The smallest absolute Gasteiger partial charge is 0.216 e. The molecule has 0 heterocycles. The highest BCUT2D eigenvalue weighted by Gasteiger charge is 2.64. The Morgan fingerprint density at radius 2 is 1.81 bits per heavy atom. The van der Waals surface area contributed by atoms with Gasteiger partial charge in [0.1, 0.15) is 0 Å². The first-order valence-corrected chi connectivity index (χ1v) is 9.66. The highest BCUT2D eigenvalue weighted by molar-refractivity contribution is 7.89. The fourth-order valence-corrected chi connectivity index (χ4v) is 6.07. The Kier molecular flexibility index (Phi) is 4.27. The summed E-state index contributed by atoms with van der Waals surface area (Å²) in [4.78, 5) is 0. The molecule has 2 aliphatic carbocycles. The Bertz CT molecular complexity index is 498. The van der Waals surface area contributed by atoms with E-state index in [0.717, 1.165) is 19.3 Å². The van der Waals surface area contributed by atoms with Crippen LogP contribution in [-0.2, 0) is 10.0 Å². The number of aliphatic hydroxyl groups is 1. The lowest BCUT2D eigenvalue weighted by atomic mass is 9.68. The van der Waals surface area contributed by atoms with Gasteiger partial charge >= 0.3 is 0 Å². The number of fused-ring (bicyclic) bond motifs is 2. The molecule has 2 aliphatic rings. The molecule has 0 radical (unpaired) electrons. The highest BCUT2D eigenvalue weighted by Crippen LogP contribution is 2.66. The molecule has 0 aromatic carbocycles. The van der Waals surface area contributed by atoms with E-state index in [2.05, 4.69) is 13.8 Å². The maximum absolute atomic E-state index is 12.7. The highest BCUT2D eigenvalue weighted by atomic mass is 32.2. The molecular formula is C16H31NO3S. The standard InChI is InChI=1S/C16H31NO3S/c1-11(2)17(21(19,20)12(3)4)10-16-8-7-13(9-14(16)18)15(16,5)6/h11-14,18H,7-10H2,1-6H3. The van der Waals surface area contributed by atoms with Gasteiger partial charge in [0.25, 0.3) is 0 Å². The van der Waals surface area contributed by atoms with Crippen molar-refractivity contribution in [3.8, 4) is 0 Å². The Hall–Kier alpha value is -0.130. The average molecular weight is 317 g/mol. The molecule has 1 N–H and O–H groups in total. The van der Waals surface area contributed by atoms with E-state index in [1.54, 1.807) is 18.2 Å². The second kappa shape index (κ2) is 5.20. The molecule has 0 spiro atoms. The van der Waals surface area contributed by atoms with Crippen LogP contribution in [0.2, 0.25) is 0 Å². The lowest BCUT2D eigenvalue weighted by Gasteiger charge is -2.45. The minimum atomic E-state index is -3.31. The van der Waals surface area contributed by atoms with Gasteiger partial charge in [-0.1, -0.05) is 13.8 Å². The summed E-state index contributed by atoms with van der Waals surface area (Å²) in [6, 6.07) is -0.0746. The fraction of sp³-hybridized carbons (Fsp3) is 1.00. The lowest BCUT2D eigenvalue weighted by molar-refractivity contribution is -0.0193. The number of hydrogen-bond donors (Lipinski definition) is 1. The van der Waals surface area contributed by atoms with Crippen molar-refractivity contribution in [3.05, 3.63) is 0 Å². The number of rotatable bonds is 5. The van der Waals surface area contributed by atoms with Gasteiger partial charge in [-0.25, -0.2) is 8.42 Å². The third-order valence-corrected chi connectivity index (χ3v) is 8.72. The lowest BCUT2D eigenvalue weighted by Crippen LogP contribution is -2.53. The van der Waals surface area contributed by atoms with Crippen LogP contribution >= 0.6 is 0 Å². The molecule has 2 fully saturated rings. The van der Waals surface area contributed by atoms with E-state index in [1.807, 2.05) is 13.8 Å². The summed E-state index contributed by atoms with van der Waals surface area (Å²) < 4.78 is 27.0. The molecule has 5 heteroatoms. The quantitative estimate of drug-likeness (QED) is 0.848. The van der Waals surface area contributed by atoms with Crippen LogP contribution in [0.25, 0.3) is 0 Å². The average Bonchev–Trinajstić information content (AvgIpc) is 2.69. The van der Waals surface area contributed by atoms with E-state index in [0.29, 0.717) is 12.5 Å². The molecule has 124 valence electrons. The number of aliphatic hydroxyl groups excluding tert-OH is 1. The Morgan fingerprint density at radius 1 is 1.24 bits per heavy atom. The molecule has 2 bridgehead atoms. The zero-order valence-corrected chi connectivity index (χ0v) is 15.1. The minimum absolute atomic E-state index is 0.00601. The van der Waals surface area contributed by atoms with Crippen LogP contribution in [0.1, 0.15) is 60.8 Å². The number of sulfonamides is 1. The van der Waals surface area contributed by atoms with Crippen molar-refractivity contribution < 1.29 is 13.5 Å². The second-order valence-corrected chi connectivity index (χ2v) is 10.5. The van der Waals surface area contributed by atoms with E-state index >= 15 is 0 Å². The van der Waals surface area contributed by atoms with Gasteiger partial charge in [-0.3, -0.25) is 0 Å². The normalized spacial score (nSPS) is 35.3. The summed E-state index contributed by atoms with van der Waals surface area (Å²) in [6.45, 7) is 12.2. The van der Waals surface area contributed by atoms with Gasteiger partial charge in [-0.05, 0) is 58.3 Å². The number of hydrogen-bond acceptors (Lipinski definition) is 3. The van der Waals surface area contributed by atoms with Crippen LogP contribution in [0.15, 0.2) is 0 Å². The summed E-state index contributed by atoms with van der Waals surface area (Å²) in [6.07, 6.45) is 2.48. The topological polar surface area (TPSA) is 57.6 Å². The van der Waals surface area contributed by atoms with Gasteiger partial charge < -0.3 is 5.11 Å². The predicted octanol–water partition coefficient (Wildman–Crippen LogP) is 2.62. The molecule has 0 saturated heterocycles.